The van der Waals surface area contributed by atoms with Gasteiger partial charge in [0.2, 0.25) is 5.91 Å². The van der Waals surface area contributed by atoms with Gasteiger partial charge in [-0.05, 0) is 15.9 Å². The number of hydrogen-bond donors (Lipinski definition) is 0. The molecule has 0 N–H and O–H groups in total. The molecule has 10 heteroatoms. The van der Waals surface area contributed by atoms with E-state index in [2.05, 4.69) is 26.0 Å². The van der Waals surface area contributed by atoms with Crippen LogP contribution in [0.1, 0.15) is 0 Å². The van der Waals surface area contributed by atoms with Gasteiger partial charge in [-0.15, -0.1) is 0 Å². The van der Waals surface area contributed by atoms with Crippen molar-refractivity contribution in [2.75, 3.05) is 40.5 Å². The summed E-state index contributed by atoms with van der Waals surface area (Å²) in [4.78, 5) is 30.9. The number of aryl methyl sites for hydroxylation is 1. The van der Waals surface area contributed by atoms with E-state index in [0.29, 0.717) is 41.9 Å². The molecule has 0 aliphatic carbocycles. The van der Waals surface area contributed by atoms with Crippen molar-refractivity contribution in [2.45, 2.75) is 6.54 Å². The minimum atomic E-state index is -0.313. The number of carbonyl (C=O) groups is 1. The summed E-state index contributed by atoms with van der Waals surface area (Å²) in [6.45, 7) is 1.58. The maximum atomic E-state index is 12.6. The summed E-state index contributed by atoms with van der Waals surface area (Å²) < 4.78 is 13.2. The van der Waals surface area contributed by atoms with Gasteiger partial charge in [0.1, 0.15) is 22.9 Å². The molecule has 0 radical (unpaired) electrons. The van der Waals surface area contributed by atoms with Crippen molar-refractivity contribution in [3.05, 3.63) is 21.3 Å². The zero-order valence-electron chi connectivity index (χ0n) is 13.9. The van der Waals surface area contributed by atoms with Crippen LogP contribution in [0.25, 0.3) is 11.0 Å². The molecule has 0 fully saturated rings. The summed E-state index contributed by atoms with van der Waals surface area (Å²) in [6, 6.07) is 0. The molecular formula is C14H20BrN5O4. The number of aromatic nitrogens is 4. The minimum Gasteiger partial charge on any atom is -0.383 e. The number of hydrogen-bond acceptors (Lipinski definition) is 6. The summed E-state index contributed by atoms with van der Waals surface area (Å²) in [5.41, 5.74) is 0.151. The fourth-order valence-corrected chi connectivity index (χ4v) is 2.84. The average Bonchev–Trinajstić information content (AvgIpc) is 2.85. The third-order valence-electron chi connectivity index (χ3n) is 3.56. The first kappa shape index (κ1) is 18.6. The van der Waals surface area contributed by atoms with Gasteiger partial charge < -0.3 is 14.4 Å². The number of fused-ring (bicyclic) bond motifs is 1. The number of ether oxygens (including phenoxy) is 2. The highest BCUT2D eigenvalue weighted by atomic mass is 79.9. The van der Waals surface area contributed by atoms with E-state index in [1.165, 1.54) is 15.6 Å². The van der Waals surface area contributed by atoms with Crippen molar-refractivity contribution in [2.24, 2.45) is 7.05 Å². The van der Waals surface area contributed by atoms with Crippen LogP contribution in [0, 0.1) is 0 Å². The van der Waals surface area contributed by atoms with Gasteiger partial charge in [-0.2, -0.15) is 5.10 Å². The van der Waals surface area contributed by atoms with Crippen molar-refractivity contribution < 1.29 is 14.3 Å². The highest BCUT2D eigenvalue weighted by Crippen LogP contribution is 2.16. The molecule has 0 saturated heterocycles. The van der Waals surface area contributed by atoms with Crippen molar-refractivity contribution >= 4 is 32.9 Å². The molecule has 0 aromatic carbocycles. The zero-order valence-corrected chi connectivity index (χ0v) is 15.4. The van der Waals surface area contributed by atoms with E-state index in [4.69, 9.17) is 9.47 Å². The van der Waals surface area contributed by atoms with Crippen LogP contribution < -0.4 is 5.56 Å². The summed E-state index contributed by atoms with van der Waals surface area (Å²) in [5, 5.41) is 4.47. The van der Waals surface area contributed by atoms with E-state index in [0.717, 1.165) is 0 Å². The van der Waals surface area contributed by atoms with Gasteiger partial charge >= 0.3 is 0 Å². The highest BCUT2D eigenvalue weighted by Gasteiger charge is 2.18. The molecule has 2 rings (SSSR count). The van der Waals surface area contributed by atoms with Crippen LogP contribution in [0.4, 0.5) is 0 Å². The standard InChI is InChI=1S/C14H20BrN5O4/c1-18-13-11(12(15)17-18)14(22)20(9-16-13)8-10(21)19(4-6-23-2)5-7-24-3/h9H,4-8H2,1-3H3. The SMILES string of the molecule is COCCN(CCOC)C(=O)Cn1cnc2c(c(Br)nn2C)c1=O. The van der Waals surface area contributed by atoms with Crippen molar-refractivity contribution in [1.82, 2.24) is 24.2 Å². The molecule has 9 nitrogen and oxygen atoms in total. The molecule has 0 bridgehead atoms. The fraction of sp³-hybridized carbons (Fsp3) is 0.571. The Labute approximate surface area is 147 Å². The molecule has 0 aliphatic rings. The quantitative estimate of drug-likeness (QED) is 0.618. The third kappa shape index (κ3) is 4.00. The molecule has 0 unspecified atom stereocenters. The molecule has 2 heterocycles. The number of carbonyl (C=O) groups excluding carboxylic acids is 1. The predicted octanol–water partition coefficient (Wildman–Crippen LogP) is 0.0139. The molecule has 0 aliphatic heterocycles. The Bertz CT molecular complexity index is 764. The van der Waals surface area contributed by atoms with Crippen LogP contribution in [0.2, 0.25) is 0 Å². The van der Waals surface area contributed by atoms with E-state index < -0.39 is 0 Å². The summed E-state index contributed by atoms with van der Waals surface area (Å²) in [5.74, 6) is -0.202. The Balaban J connectivity index is 2.23. The van der Waals surface area contributed by atoms with Gasteiger partial charge in [-0.1, -0.05) is 0 Å². The average molecular weight is 402 g/mol. The van der Waals surface area contributed by atoms with Crippen LogP contribution >= 0.6 is 15.9 Å². The molecule has 0 spiro atoms. The Hall–Kier alpha value is -1.78. The third-order valence-corrected chi connectivity index (χ3v) is 4.11. The van der Waals surface area contributed by atoms with Crippen molar-refractivity contribution in [3.8, 4) is 0 Å². The van der Waals surface area contributed by atoms with E-state index >= 15 is 0 Å². The van der Waals surface area contributed by atoms with Crippen molar-refractivity contribution in [3.63, 3.8) is 0 Å². The smallest absolute Gasteiger partial charge is 0.266 e. The number of amides is 1. The first-order valence-corrected chi connectivity index (χ1v) is 8.12. The van der Waals surface area contributed by atoms with Crippen LogP contribution in [0.15, 0.2) is 15.7 Å². The van der Waals surface area contributed by atoms with Gasteiger partial charge in [0, 0.05) is 34.4 Å². The van der Waals surface area contributed by atoms with Crippen LogP contribution in [0.3, 0.4) is 0 Å². The second-order valence-corrected chi connectivity index (χ2v) is 5.91. The van der Waals surface area contributed by atoms with E-state index in [9.17, 15) is 9.59 Å². The molecule has 0 saturated carbocycles. The summed E-state index contributed by atoms with van der Waals surface area (Å²) in [6.07, 6.45) is 1.36. The van der Waals surface area contributed by atoms with Crippen LogP contribution in [0.5, 0.6) is 0 Å². The van der Waals surface area contributed by atoms with Crippen molar-refractivity contribution in [1.29, 1.82) is 0 Å². The first-order chi connectivity index (χ1) is 11.5. The Morgan fingerprint density at radius 3 is 2.50 bits per heavy atom. The van der Waals surface area contributed by atoms with Gasteiger partial charge in [0.25, 0.3) is 5.56 Å². The molecular weight excluding hydrogens is 382 g/mol. The van der Waals surface area contributed by atoms with Crippen LogP contribution in [-0.4, -0.2) is 70.7 Å². The highest BCUT2D eigenvalue weighted by molar-refractivity contribution is 9.10. The van der Waals surface area contributed by atoms with E-state index in [1.54, 1.807) is 26.2 Å². The Morgan fingerprint density at radius 1 is 1.29 bits per heavy atom. The van der Waals surface area contributed by atoms with Gasteiger partial charge in [-0.3, -0.25) is 14.2 Å². The maximum Gasteiger partial charge on any atom is 0.266 e. The summed E-state index contributed by atoms with van der Waals surface area (Å²) >= 11 is 3.25. The van der Waals surface area contributed by atoms with Gasteiger partial charge in [-0.25, -0.2) is 9.67 Å². The molecule has 24 heavy (non-hydrogen) atoms. The van der Waals surface area contributed by atoms with Gasteiger partial charge in [0.05, 0.1) is 13.2 Å². The number of rotatable bonds is 8. The number of methoxy groups -OCH3 is 2. The first-order valence-electron chi connectivity index (χ1n) is 7.32. The molecule has 2 aromatic rings. The molecule has 0 atom stereocenters. The van der Waals surface area contributed by atoms with Gasteiger partial charge in [0.15, 0.2) is 5.65 Å². The fourth-order valence-electron chi connectivity index (χ4n) is 2.26. The maximum absolute atomic E-state index is 12.6. The Morgan fingerprint density at radius 2 is 1.92 bits per heavy atom. The molecule has 1 amide bonds. The monoisotopic (exact) mass is 401 g/mol. The lowest BCUT2D eigenvalue weighted by molar-refractivity contribution is -0.133. The lowest BCUT2D eigenvalue weighted by atomic mass is 10.4. The normalized spacial score (nSPS) is 11.2. The number of nitrogens with zero attached hydrogens (tertiary/aromatic N) is 5. The lowest BCUT2D eigenvalue weighted by Gasteiger charge is -2.22. The Kier molecular flexibility index (Phi) is 6.46. The lowest BCUT2D eigenvalue weighted by Crippen LogP contribution is -2.40. The summed E-state index contributed by atoms with van der Waals surface area (Å²) in [7, 11) is 4.84. The molecule has 2 aromatic heterocycles. The second kappa shape index (κ2) is 8.36. The number of halogens is 1. The predicted molar refractivity (Wildman–Crippen MR) is 90.8 cm³/mol. The van der Waals surface area contributed by atoms with E-state index in [1.807, 2.05) is 0 Å². The largest absolute Gasteiger partial charge is 0.383 e. The van der Waals surface area contributed by atoms with E-state index in [-0.39, 0.29) is 18.0 Å². The zero-order chi connectivity index (χ0) is 17.7. The second-order valence-electron chi connectivity index (χ2n) is 5.16. The van der Waals surface area contributed by atoms with Crippen LogP contribution in [-0.2, 0) is 27.9 Å². The minimum absolute atomic E-state index is 0.101. The molecule has 132 valence electrons. The topological polar surface area (TPSA) is 91.5 Å².